The van der Waals surface area contributed by atoms with Gasteiger partial charge in [0.15, 0.2) is 10.8 Å². The number of hydrogen-bond acceptors (Lipinski definition) is 10. The van der Waals surface area contributed by atoms with Crippen molar-refractivity contribution in [2.24, 2.45) is 11.1 Å². The highest BCUT2D eigenvalue weighted by atomic mass is 32.2. The van der Waals surface area contributed by atoms with E-state index in [1.165, 1.54) is 23.8 Å². The summed E-state index contributed by atoms with van der Waals surface area (Å²) in [6, 6.07) is -0.895. The summed E-state index contributed by atoms with van der Waals surface area (Å²) < 4.78 is 5.74. The van der Waals surface area contributed by atoms with Crippen LogP contribution in [0.15, 0.2) is 21.8 Å². The van der Waals surface area contributed by atoms with Crippen molar-refractivity contribution in [1.29, 1.82) is 0 Å². The van der Waals surface area contributed by atoms with E-state index in [4.69, 9.17) is 15.3 Å². The molecule has 31 heavy (non-hydrogen) atoms. The third-order valence-electron chi connectivity index (χ3n) is 5.38. The second kappa shape index (κ2) is 8.48. The van der Waals surface area contributed by atoms with E-state index in [1.54, 1.807) is 5.38 Å². The molecule has 2 saturated heterocycles. The van der Waals surface area contributed by atoms with Crippen molar-refractivity contribution in [3.8, 4) is 0 Å². The van der Waals surface area contributed by atoms with Gasteiger partial charge in [0.2, 0.25) is 0 Å². The summed E-state index contributed by atoms with van der Waals surface area (Å²) in [6.45, 7) is 2.56. The third-order valence-corrected chi connectivity index (χ3v) is 7.36. The Bertz CT molecular complexity index is 992. The molecule has 2 fully saturated rings. The summed E-state index contributed by atoms with van der Waals surface area (Å²) in [7, 11) is 1.29. The van der Waals surface area contributed by atoms with Crippen LogP contribution in [0.4, 0.5) is 5.13 Å². The van der Waals surface area contributed by atoms with E-state index >= 15 is 0 Å². The number of anilines is 1. The first kappa shape index (κ1) is 21.6. The van der Waals surface area contributed by atoms with Gasteiger partial charge >= 0.3 is 5.97 Å². The lowest BCUT2D eigenvalue weighted by molar-refractivity contribution is -0.150. The van der Waals surface area contributed by atoms with Crippen LogP contribution in [0, 0.1) is 5.92 Å². The molecule has 4 N–H and O–H groups in total. The quantitative estimate of drug-likeness (QED) is 0.303. The summed E-state index contributed by atoms with van der Waals surface area (Å²) in [5.74, 6) is -1.77. The number of thiazole rings is 1. The molecule has 13 heteroatoms. The van der Waals surface area contributed by atoms with Crippen LogP contribution in [0.25, 0.3) is 0 Å². The predicted octanol–water partition coefficient (Wildman–Crippen LogP) is 0.239. The number of thioether (sulfide) groups is 1. The number of hydrogen-bond donors (Lipinski definition) is 3. The Morgan fingerprint density at radius 3 is 2.84 bits per heavy atom. The summed E-state index contributed by atoms with van der Waals surface area (Å²) in [6.07, 6.45) is 0.515. The van der Waals surface area contributed by atoms with Gasteiger partial charge in [0, 0.05) is 17.7 Å². The molecule has 1 aromatic heterocycles. The summed E-state index contributed by atoms with van der Waals surface area (Å²) >= 11 is 2.53. The number of nitrogens with two attached hydrogens (primary N) is 1. The van der Waals surface area contributed by atoms with Crippen LogP contribution in [0.1, 0.15) is 19.0 Å². The fourth-order valence-corrected chi connectivity index (χ4v) is 5.84. The van der Waals surface area contributed by atoms with Gasteiger partial charge in [-0.3, -0.25) is 14.5 Å². The van der Waals surface area contributed by atoms with Crippen LogP contribution in [0.2, 0.25) is 0 Å². The normalized spacial score (nSPS) is 28.3. The minimum Gasteiger partial charge on any atom is -0.477 e. The van der Waals surface area contributed by atoms with Gasteiger partial charge in [-0.15, -0.1) is 23.1 Å². The number of nitrogens with one attached hydrogen (secondary N) is 1. The molecule has 0 aromatic carbocycles. The molecule has 4 atom stereocenters. The summed E-state index contributed by atoms with van der Waals surface area (Å²) in [5, 5.41) is 17.4. The number of β-lactam (4-membered cyclic amide) rings is 1. The zero-order valence-electron chi connectivity index (χ0n) is 16.7. The van der Waals surface area contributed by atoms with Gasteiger partial charge in [0.1, 0.15) is 29.9 Å². The Balaban J connectivity index is 1.54. The molecule has 166 valence electrons. The molecule has 4 rings (SSSR count). The average molecular weight is 468 g/mol. The molecular weight excluding hydrogens is 446 g/mol. The Kier molecular flexibility index (Phi) is 5.90. The second-order valence-corrected chi connectivity index (χ2v) is 9.29. The maximum absolute atomic E-state index is 12.9. The number of nitrogens with zero attached hydrogens (tertiary/aromatic N) is 3. The number of ether oxygens (including phenoxy) is 1. The van der Waals surface area contributed by atoms with Gasteiger partial charge in [-0.05, 0) is 17.9 Å². The number of rotatable bonds is 6. The number of carbonyl (C=O) groups excluding carboxylic acids is 2. The molecule has 0 unspecified atom stereocenters. The lowest BCUT2D eigenvalue weighted by atomic mass is 9.94. The maximum Gasteiger partial charge on any atom is 0.352 e. The monoisotopic (exact) mass is 467 g/mol. The lowest BCUT2D eigenvalue weighted by Gasteiger charge is -2.50. The first-order valence-corrected chi connectivity index (χ1v) is 11.4. The van der Waals surface area contributed by atoms with Crippen LogP contribution >= 0.6 is 23.1 Å². The fourth-order valence-electron chi connectivity index (χ4n) is 3.90. The number of amides is 2. The molecule has 4 heterocycles. The highest BCUT2D eigenvalue weighted by Crippen LogP contribution is 2.43. The van der Waals surface area contributed by atoms with Gasteiger partial charge in [-0.25, -0.2) is 9.78 Å². The molecule has 0 aliphatic carbocycles. The number of carboxylic acid groups (broad SMARTS) is 1. The highest BCUT2D eigenvalue weighted by molar-refractivity contribution is 8.00. The number of aliphatic carboxylic acids is 1. The molecule has 2 amide bonds. The van der Waals surface area contributed by atoms with Gasteiger partial charge in [-0.1, -0.05) is 12.1 Å². The first-order chi connectivity index (χ1) is 14.8. The maximum atomic E-state index is 12.9. The van der Waals surface area contributed by atoms with E-state index < -0.39 is 29.2 Å². The first-order valence-electron chi connectivity index (χ1n) is 9.49. The van der Waals surface area contributed by atoms with E-state index in [9.17, 15) is 19.5 Å². The number of nitrogen functional groups attached to an aromatic ring is 1. The zero-order valence-corrected chi connectivity index (χ0v) is 18.4. The number of oxime groups is 1. The van der Waals surface area contributed by atoms with Crippen molar-refractivity contribution in [2.75, 3.05) is 25.2 Å². The Morgan fingerprint density at radius 1 is 1.48 bits per heavy atom. The number of carbonyl (C=O) groups is 3. The minimum atomic E-state index is -1.18. The van der Waals surface area contributed by atoms with Crippen LogP contribution in [0.5, 0.6) is 0 Å². The molecule has 3 aliphatic rings. The van der Waals surface area contributed by atoms with E-state index in [1.807, 2.05) is 6.92 Å². The molecule has 0 bridgehead atoms. The Morgan fingerprint density at radius 2 is 2.26 bits per heavy atom. The van der Waals surface area contributed by atoms with Crippen molar-refractivity contribution in [2.45, 2.75) is 30.9 Å². The minimum absolute atomic E-state index is 0.0453. The van der Waals surface area contributed by atoms with Gasteiger partial charge in [-0.2, -0.15) is 0 Å². The van der Waals surface area contributed by atoms with E-state index in [-0.39, 0.29) is 34.3 Å². The SMILES string of the molecule is CON=C(C(=O)N[C@@H]1C(=O)N2C(C(=O)O)=C([C@@H]3OCC[C@@H]3C)CS[C@H]12)c1csc(N)n1. The Labute approximate surface area is 185 Å². The standard InChI is InChI=1S/C18H21N5O6S2/c1-7-3-4-29-13(7)8-5-30-16-11(15(25)23(16)12(8)17(26)27)21-14(24)10(22-28-2)9-6-31-18(19)20-9/h6-7,11,13,16H,3-5H2,1-2H3,(H2,19,20)(H,21,24)(H,26,27)/t7-,11+,13+,16+/m0/s1. The van der Waals surface area contributed by atoms with Gasteiger partial charge in [0.05, 0.1) is 6.10 Å². The highest BCUT2D eigenvalue weighted by Gasteiger charge is 2.55. The van der Waals surface area contributed by atoms with Crippen LogP contribution in [-0.4, -0.2) is 75.5 Å². The smallest absolute Gasteiger partial charge is 0.352 e. The molecule has 3 aliphatic heterocycles. The largest absolute Gasteiger partial charge is 0.477 e. The fraction of sp³-hybridized carbons (Fsp3) is 0.500. The van der Waals surface area contributed by atoms with E-state index in [0.717, 1.165) is 17.8 Å². The van der Waals surface area contributed by atoms with Gasteiger partial charge in [0.25, 0.3) is 11.8 Å². The molecular formula is C18H21N5O6S2. The van der Waals surface area contributed by atoms with Crippen molar-refractivity contribution in [3.05, 3.63) is 22.3 Å². The predicted molar refractivity (Wildman–Crippen MR) is 113 cm³/mol. The topological polar surface area (TPSA) is 156 Å². The third kappa shape index (κ3) is 3.77. The second-order valence-electron chi connectivity index (χ2n) is 7.29. The van der Waals surface area contributed by atoms with Gasteiger partial charge < -0.3 is 25.7 Å². The Hall–Kier alpha value is -2.64. The average Bonchev–Trinajstić information content (AvgIpc) is 3.36. The number of aromatic nitrogens is 1. The summed E-state index contributed by atoms with van der Waals surface area (Å²) in [5.41, 5.74) is 6.29. The van der Waals surface area contributed by atoms with Crippen LogP contribution in [-0.2, 0) is 24.0 Å². The molecule has 0 spiro atoms. The molecule has 11 nitrogen and oxygen atoms in total. The molecule has 0 saturated carbocycles. The number of carboxylic acids is 1. The van der Waals surface area contributed by atoms with E-state index in [0.29, 0.717) is 17.9 Å². The van der Waals surface area contributed by atoms with E-state index in [2.05, 4.69) is 15.5 Å². The molecule has 1 aromatic rings. The van der Waals surface area contributed by atoms with Crippen molar-refractivity contribution in [1.82, 2.24) is 15.2 Å². The summed E-state index contributed by atoms with van der Waals surface area (Å²) in [4.78, 5) is 47.6. The van der Waals surface area contributed by atoms with Crippen molar-refractivity contribution >= 4 is 51.7 Å². The zero-order chi connectivity index (χ0) is 22.3. The lowest BCUT2D eigenvalue weighted by Crippen LogP contribution is -2.71. The molecule has 0 radical (unpaired) electrons. The van der Waals surface area contributed by atoms with Crippen molar-refractivity contribution < 1.29 is 29.1 Å². The van der Waals surface area contributed by atoms with Crippen LogP contribution in [0.3, 0.4) is 0 Å². The van der Waals surface area contributed by atoms with Crippen LogP contribution < -0.4 is 11.1 Å². The number of fused-ring (bicyclic) bond motifs is 1. The van der Waals surface area contributed by atoms with Crippen molar-refractivity contribution in [3.63, 3.8) is 0 Å².